The standard InChI is InChI=1S/C18H13ClO3/c19-16-8-4-1-5-12(16)10-22-11-13-9-17(20)14-6-2-3-7-15(14)18(13)21/h1-9H,10-11H2. The molecule has 0 amide bonds. The SMILES string of the molecule is O=C1C=C(COCc2ccccc2Cl)C(=O)c2ccccc21. The number of benzene rings is 2. The predicted molar refractivity (Wildman–Crippen MR) is 84.3 cm³/mol. The molecular formula is C18H13ClO3. The molecule has 0 bridgehead atoms. The third-order valence-corrected chi connectivity index (χ3v) is 3.88. The molecular weight excluding hydrogens is 300 g/mol. The van der Waals surface area contributed by atoms with Crippen molar-refractivity contribution in [2.24, 2.45) is 0 Å². The molecule has 1 aliphatic carbocycles. The highest BCUT2D eigenvalue weighted by molar-refractivity contribution is 6.31. The molecule has 2 aromatic rings. The Kier molecular flexibility index (Phi) is 4.18. The summed E-state index contributed by atoms with van der Waals surface area (Å²) in [5, 5.41) is 0.618. The van der Waals surface area contributed by atoms with Gasteiger partial charge >= 0.3 is 0 Å². The molecule has 0 N–H and O–H groups in total. The van der Waals surface area contributed by atoms with E-state index in [1.54, 1.807) is 30.3 Å². The average Bonchev–Trinajstić information content (AvgIpc) is 2.54. The van der Waals surface area contributed by atoms with Gasteiger partial charge in [-0.15, -0.1) is 0 Å². The van der Waals surface area contributed by atoms with Crippen molar-refractivity contribution in [1.82, 2.24) is 0 Å². The lowest BCUT2D eigenvalue weighted by molar-refractivity contribution is 0.0933. The summed E-state index contributed by atoms with van der Waals surface area (Å²) in [6, 6.07) is 14.2. The first-order chi connectivity index (χ1) is 10.7. The number of halogens is 1. The molecule has 2 aromatic carbocycles. The van der Waals surface area contributed by atoms with Gasteiger partial charge in [0.15, 0.2) is 11.6 Å². The van der Waals surface area contributed by atoms with Crippen molar-refractivity contribution in [3.63, 3.8) is 0 Å². The van der Waals surface area contributed by atoms with E-state index in [4.69, 9.17) is 16.3 Å². The topological polar surface area (TPSA) is 43.4 Å². The van der Waals surface area contributed by atoms with Crippen LogP contribution in [-0.4, -0.2) is 18.2 Å². The van der Waals surface area contributed by atoms with Crippen molar-refractivity contribution < 1.29 is 14.3 Å². The summed E-state index contributed by atoms with van der Waals surface area (Å²) in [7, 11) is 0. The number of allylic oxidation sites excluding steroid dienone is 1. The smallest absolute Gasteiger partial charge is 0.192 e. The van der Waals surface area contributed by atoms with Crippen LogP contribution in [0.4, 0.5) is 0 Å². The molecule has 0 aliphatic heterocycles. The van der Waals surface area contributed by atoms with Gasteiger partial charge in [0.25, 0.3) is 0 Å². The van der Waals surface area contributed by atoms with E-state index in [2.05, 4.69) is 0 Å². The van der Waals surface area contributed by atoms with Crippen molar-refractivity contribution in [2.75, 3.05) is 6.61 Å². The Morgan fingerprint density at radius 2 is 1.55 bits per heavy atom. The normalized spacial score (nSPS) is 13.8. The van der Waals surface area contributed by atoms with Gasteiger partial charge in [0.1, 0.15) is 0 Å². The summed E-state index contributed by atoms with van der Waals surface area (Å²) in [6.45, 7) is 0.379. The van der Waals surface area contributed by atoms with Crippen LogP contribution in [0.2, 0.25) is 5.02 Å². The maximum atomic E-state index is 12.3. The summed E-state index contributed by atoms with van der Waals surface area (Å²) in [5.74, 6) is -0.319. The number of rotatable bonds is 4. The Morgan fingerprint density at radius 1 is 0.864 bits per heavy atom. The highest BCUT2D eigenvalue weighted by atomic mass is 35.5. The van der Waals surface area contributed by atoms with Crippen molar-refractivity contribution in [1.29, 1.82) is 0 Å². The van der Waals surface area contributed by atoms with E-state index in [-0.39, 0.29) is 18.2 Å². The molecule has 0 radical (unpaired) electrons. The van der Waals surface area contributed by atoms with Gasteiger partial charge in [-0.2, -0.15) is 0 Å². The maximum Gasteiger partial charge on any atom is 0.192 e. The van der Waals surface area contributed by atoms with Crippen LogP contribution < -0.4 is 0 Å². The monoisotopic (exact) mass is 312 g/mol. The molecule has 0 saturated heterocycles. The second kappa shape index (κ2) is 6.26. The van der Waals surface area contributed by atoms with Gasteiger partial charge < -0.3 is 4.74 Å². The van der Waals surface area contributed by atoms with Crippen molar-refractivity contribution >= 4 is 23.2 Å². The van der Waals surface area contributed by atoms with Gasteiger partial charge in [-0.1, -0.05) is 54.1 Å². The fourth-order valence-electron chi connectivity index (χ4n) is 2.36. The van der Waals surface area contributed by atoms with Crippen LogP contribution in [0, 0.1) is 0 Å². The number of Topliss-reactive ketones (excluding diaryl/α,β-unsaturated/α-hetero) is 1. The number of hydrogen-bond acceptors (Lipinski definition) is 3. The van der Waals surface area contributed by atoms with E-state index >= 15 is 0 Å². The molecule has 1 aliphatic rings. The zero-order chi connectivity index (χ0) is 15.5. The summed E-state index contributed by atoms with van der Waals surface area (Å²) in [6.07, 6.45) is 1.36. The molecule has 110 valence electrons. The lowest BCUT2D eigenvalue weighted by atomic mass is 9.90. The van der Waals surface area contributed by atoms with Gasteiger partial charge in [-0.3, -0.25) is 9.59 Å². The van der Waals surface area contributed by atoms with Crippen LogP contribution in [0.15, 0.2) is 60.2 Å². The molecule has 22 heavy (non-hydrogen) atoms. The van der Waals surface area contributed by atoms with E-state index in [1.807, 2.05) is 18.2 Å². The third-order valence-electron chi connectivity index (χ3n) is 3.51. The minimum Gasteiger partial charge on any atom is -0.372 e. The molecule has 3 rings (SSSR count). The molecule has 0 atom stereocenters. The van der Waals surface area contributed by atoms with Crippen molar-refractivity contribution in [2.45, 2.75) is 6.61 Å². The first kappa shape index (κ1) is 14.7. The minimum atomic E-state index is -0.161. The minimum absolute atomic E-state index is 0.0874. The molecule has 0 heterocycles. The van der Waals surface area contributed by atoms with Gasteiger partial charge in [0.05, 0.1) is 13.2 Å². The summed E-state index contributed by atoms with van der Waals surface area (Å²) in [5.41, 5.74) is 2.10. The Morgan fingerprint density at radius 3 is 2.32 bits per heavy atom. The summed E-state index contributed by atoms with van der Waals surface area (Å²) in [4.78, 5) is 24.4. The molecule has 0 spiro atoms. The first-order valence-electron chi connectivity index (χ1n) is 6.86. The van der Waals surface area contributed by atoms with Gasteiger partial charge in [-0.25, -0.2) is 0 Å². The molecule has 3 nitrogen and oxygen atoms in total. The molecule has 4 heteroatoms. The quantitative estimate of drug-likeness (QED) is 0.861. The Balaban J connectivity index is 1.71. The summed E-state index contributed by atoms with van der Waals surface area (Å²) < 4.78 is 5.55. The Labute approximate surface area is 133 Å². The number of ketones is 2. The zero-order valence-corrected chi connectivity index (χ0v) is 12.5. The van der Waals surface area contributed by atoms with Crippen LogP contribution in [0.1, 0.15) is 26.3 Å². The van der Waals surface area contributed by atoms with E-state index in [9.17, 15) is 9.59 Å². The van der Waals surface area contributed by atoms with Gasteiger partial charge in [-0.05, 0) is 17.7 Å². The second-order valence-electron chi connectivity index (χ2n) is 4.99. The zero-order valence-electron chi connectivity index (χ0n) is 11.7. The first-order valence-corrected chi connectivity index (χ1v) is 7.24. The van der Waals surface area contributed by atoms with E-state index < -0.39 is 0 Å². The predicted octanol–water partition coefficient (Wildman–Crippen LogP) is 3.86. The largest absolute Gasteiger partial charge is 0.372 e. The van der Waals surface area contributed by atoms with E-state index in [0.717, 1.165) is 5.56 Å². The summed E-state index contributed by atoms with van der Waals surface area (Å²) >= 11 is 6.05. The number of hydrogen-bond donors (Lipinski definition) is 0. The highest BCUT2D eigenvalue weighted by Crippen LogP contribution is 2.22. The van der Waals surface area contributed by atoms with Crippen LogP contribution in [0.25, 0.3) is 0 Å². The van der Waals surface area contributed by atoms with Crippen LogP contribution >= 0.6 is 11.6 Å². The number of carbonyl (C=O) groups is 2. The Bertz CT molecular complexity index is 777. The molecule has 0 unspecified atom stereocenters. The molecule has 0 fully saturated rings. The van der Waals surface area contributed by atoms with E-state index in [0.29, 0.717) is 28.3 Å². The lowest BCUT2D eigenvalue weighted by Crippen LogP contribution is -2.19. The number of carbonyl (C=O) groups excluding carboxylic acids is 2. The number of ether oxygens (including phenoxy) is 1. The van der Waals surface area contributed by atoms with Crippen LogP contribution in [0.5, 0.6) is 0 Å². The average molecular weight is 313 g/mol. The lowest BCUT2D eigenvalue weighted by Gasteiger charge is -2.15. The third kappa shape index (κ3) is 2.86. The molecule has 0 saturated carbocycles. The molecule has 0 aromatic heterocycles. The second-order valence-corrected chi connectivity index (χ2v) is 5.40. The van der Waals surface area contributed by atoms with Gasteiger partial charge in [0, 0.05) is 21.7 Å². The number of fused-ring (bicyclic) bond motifs is 1. The fraction of sp³-hybridized carbons (Fsp3) is 0.111. The van der Waals surface area contributed by atoms with E-state index in [1.165, 1.54) is 6.08 Å². The van der Waals surface area contributed by atoms with Crippen LogP contribution in [0.3, 0.4) is 0 Å². The highest BCUT2D eigenvalue weighted by Gasteiger charge is 2.24. The Hall–Kier alpha value is -2.23. The fourth-order valence-corrected chi connectivity index (χ4v) is 2.55. The maximum absolute atomic E-state index is 12.3. The van der Waals surface area contributed by atoms with Gasteiger partial charge in [0.2, 0.25) is 0 Å². The van der Waals surface area contributed by atoms with Crippen LogP contribution in [-0.2, 0) is 11.3 Å². The van der Waals surface area contributed by atoms with Crippen molar-refractivity contribution in [3.05, 3.63) is 81.9 Å². The van der Waals surface area contributed by atoms with Crippen molar-refractivity contribution in [3.8, 4) is 0 Å².